The summed E-state index contributed by atoms with van der Waals surface area (Å²) < 4.78 is 18.8. The van der Waals surface area contributed by atoms with Crippen LogP contribution in [-0.4, -0.2) is 44.7 Å². The third-order valence-corrected chi connectivity index (χ3v) is 6.38. The Hall–Kier alpha value is -2.76. The van der Waals surface area contributed by atoms with Crippen molar-refractivity contribution < 1.29 is 13.9 Å². The number of hydrogen-bond acceptors (Lipinski definition) is 4. The molecule has 0 radical (unpaired) electrons. The molecule has 2 aliphatic heterocycles. The predicted molar refractivity (Wildman–Crippen MR) is 111 cm³/mol. The molecule has 5 rings (SSSR count). The number of rotatable bonds is 4. The summed E-state index contributed by atoms with van der Waals surface area (Å²) in [7, 11) is 1.68. The van der Waals surface area contributed by atoms with Crippen LogP contribution in [0.15, 0.2) is 42.5 Å². The number of fused-ring (bicyclic) bond motifs is 3. The number of methoxy groups -OCH3 is 1. The standard InChI is InChI=1S/C23H26FN3O2/c1-29-19-9-2-15-12-20(23(28)25-17-5-6-17)22-14-26(10-11-27(22)21(15)13-19)18-7-3-16(24)4-8-18/h2-4,7-9,13,17,20,22H,5-6,10-12,14H2,1H3,(H,25,28)/t20-,22-/m0/s1. The molecule has 152 valence electrons. The second kappa shape index (κ2) is 7.25. The summed E-state index contributed by atoms with van der Waals surface area (Å²) in [6.07, 6.45) is 2.90. The molecule has 2 aromatic rings. The first kappa shape index (κ1) is 18.3. The van der Waals surface area contributed by atoms with Gasteiger partial charge in [-0.05, 0) is 55.2 Å². The van der Waals surface area contributed by atoms with E-state index in [0.29, 0.717) is 6.04 Å². The van der Waals surface area contributed by atoms with Crippen LogP contribution < -0.4 is 19.9 Å². The minimum Gasteiger partial charge on any atom is -0.497 e. The molecule has 2 fully saturated rings. The van der Waals surface area contributed by atoms with Crippen LogP contribution in [0.4, 0.5) is 15.8 Å². The molecule has 0 unspecified atom stereocenters. The monoisotopic (exact) mass is 395 g/mol. The van der Waals surface area contributed by atoms with Gasteiger partial charge in [0.05, 0.1) is 19.1 Å². The Morgan fingerprint density at radius 3 is 2.66 bits per heavy atom. The Bertz CT molecular complexity index is 913. The van der Waals surface area contributed by atoms with Crippen molar-refractivity contribution in [3.8, 4) is 5.75 Å². The van der Waals surface area contributed by atoms with E-state index in [1.54, 1.807) is 7.11 Å². The van der Waals surface area contributed by atoms with E-state index in [1.165, 1.54) is 23.4 Å². The van der Waals surface area contributed by atoms with Crippen LogP contribution in [0.1, 0.15) is 18.4 Å². The van der Waals surface area contributed by atoms with E-state index in [0.717, 1.165) is 50.3 Å². The van der Waals surface area contributed by atoms with E-state index in [2.05, 4.69) is 27.2 Å². The van der Waals surface area contributed by atoms with Crippen LogP contribution in [0, 0.1) is 11.7 Å². The van der Waals surface area contributed by atoms with Gasteiger partial charge in [-0.1, -0.05) is 6.07 Å². The van der Waals surface area contributed by atoms with Gasteiger partial charge in [-0.3, -0.25) is 4.79 Å². The molecular weight excluding hydrogens is 369 g/mol. The van der Waals surface area contributed by atoms with Gasteiger partial charge in [0, 0.05) is 43.1 Å². The Balaban J connectivity index is 1.46. The van der Waals surface area contributed by atoms with Gasteiger partial charge in [0.15, 0.2) is 0 Å². The number of halogens is 1. The lowest BCUT2D eigenvalue weighted by Crippen LogP contribution is -2.61. The highest BCUT2D eigenvalue weighted by atomic mass is 19.1. The van der Waals surface area contributed by atoms with Crippen molar-refractivity contribution in [1.29, 1.82) is 0 Å². The van der Waals surface area contributed by atoms with E-state index in [1.807, 2.05) is 18.2 Å². The molecule has 2 heterocycles. The van der Waals surface area contributed by atoms with Crippen molar-refractivity contribution in [2.24, 2.45) is 5.92 Å². The van der Waals surface area contributed by atoms with Crippen molar-refractivity contribution in [3.05, 3.63) is 53.8 Å². The molecule has 2 aromatic carbocycles. The Labute approximate surface area is 170 Å². The molecule has 6 heteroatoms. The van der Waals surface area contributed by atoms with E-state index in [9.17, 15) is 9.18 Å². The maximum atomic E-state index is 13.4. The van der Waals surface area contributed by atoms with Gasteiger partial charge in [0.25, 0.3) is 0 Å². The van der Waals surface area contributed by atoms with Crippen molar-refractivity contribution in [3.63, 3.8) is 0 Å². The number of carbonyl (C=O) groups is 1. The zero-order valence-corrected chi connectivity index (χ0v) is 16.6. The highest BCUT2D eigenvalue weighted by Gasteiger charge is 2.42. The van der Waals surface area contributed by atoms with Crippen molar-refractivity contribution in [2.75, 3.05) is 36.5 Å². The molecule has 3 aliphatic rings. The van der Waals surface area contributed by atoms with Gasteiger partial charge in [-0.25, -0.2) is 4.39 Å². The summed E-state index contributed by atoms with van der Waals surface area (Å²) >= 11 is 0. The summed E-state index contributed by atoms with van der Waals surface area (Å²) in [5.74, 6) is 0.668. The summed E-state index contributed by atoms with van der Waals surface area (Å²) in [5, 5.41) is 3.21. The van der Waals surface area contributed by atoms with E-state index in [4.69, 9.17) is 4.74 Å². The highest BCUT2D eigenvalue weighted by Crippen LogP contribution is 2.39. The molecular formula is C23H26FN3O2. The fourth-order valence-electron chi connectivity index (χ4n) is 4.63. The topological polar surface area (TPSA) is 44.8 Å². The fraction of sp³-hybridized carbons (Fsp3) is 0.435. The van der Waals surface area contributed by atoms with E-state index < -0.39 is 0 Å². The summed E-state index contributed by atoms with van der Waals surface area (Å²) in [6.45, 7) is 2.39. The second-order valence-electron chi connectivity index (χ2n) is 8.27. The van der Waals surface area contributed by atoms with Crippen LogP contribution in [-0.2, 0) is 11.2 Å². The third kappa shape index (κ3) is 3.52. The first-order chi connectivity index (χ1) is 14.1. The van der Waals surface area contributed by atoms with Crippen molar-refractivity contribution >= 4 is 17.3 Å². The molecule has 0 aromatic heterocycles. The molecule has 0 spiro atoms. The molecule has 2 atom stereocenters. The maximum Gasteiger partial charge on any atom is 0.225 e. The number of benzene rings is 2. The molecule has 1 aliphatic carbocycles. The van der Waals surface area contributed by atoms with E-state index in [-0.39, 0.29) is 23.7 Å². The molecule has 1 saturated heterocycles. The summed E-state index contributed by atoms with van der Waals surface area (Å²) in [5.41, 5.74) is 3.38. The quantitative estimate of drug-likeness (QED) is 0.865. The highest BCUT2D eigenvalue weighted by molar-refractivity contribution is 5.83. The average Bonchev–Trinajstić information content (AvgIpc) is 3.56. The molecule has 0 bridgehead atoms. The zero-order chi connectivity index (χ0) is 20.0. The minimum absolute atomic E-state index is 0.0761. The van der Waals surface area contributed by atoms with Gasteiger partial charge in [-0.15, -0.1) is 0 Å². The predicted octanol–water partition coefficient (Wildman–Crippen LogP) is 2.98. The number of anilines is 2. The normalized spacial score (nSPS) is 23.2. The first-order valence-electron chi connectivity index (χ1n) is 10.4. The zero-order valence-electron chi connectivity index (χ0n) is 16.6. The van der Waals surface area contributed by atoms with Gasteiger partial charge in [-0.2, -0.15) is 0 Å². The first-order valence-corrected chi connectivity index (χ1v) is 10.4. The summed E-state index contributed by atoms with van der Waals surface area (Å²) in [4.78, 5) is 17.7. The van der Waals surface area contributed by atoms with Gasteiger partial charge in [0.2, 0.25) is 5.91 Å². The van der Waals surface area contributed by atoms with Gasteiger partial charge < -0.3 is 19.9 Å². The van der Waals surface area contributed by atoms with Crippen LogP contribution in [0.2, 0.25) is 0 Å². The van der Waals surface area contributed by atoms with Crippen molar-refractivity contribution in [1.82, 2.24) is 5.32 Å². The number of nitrogens with one attached hydrogen (secondary N) is 1. The largest absolute Gasteiger partial charge is 0.497 e. The number of ether oxygens (including phenoxy) is 1. The average molecular weight is 395 g/mol. The Morgan fingerprint density at radius 1 is 1.14 bits per heavy atom. The lowest BCUT2D eigenvalue weighted by molar-refractivity contribution is -0.126. The molecule has 5 nitrogen and oxygen atoms in total. The minimum atomic E-state index is -0.229. The van der Waals surface area contributed by atoms with E-state index >= 15 is 0 Å². The second-order valence-corrected chi connectivity index (χ2v) is 8.27. The van der Waals surface area contributed by atoms with Gasteiger partial charge in [0.1, 0.15) is 11.6 Å². The molecule has 1 amide bonds. The molecule has 1 N–H and O–H groups in total. The number of carbonyl (C=O) groups excluding carboxylic acids is 1. The summed E-state index contributed by atoms with van der Waals surface area (Å²) in [6, 6.07) is 13.2. The number of piperazine rings is 1. The van der Waals surface area contributed by atoms with Crippen LogP contribution in [0.5, 0.6) is 5.75 Å². The fourth-order valence-corrected chi connectivity index (χ4v) is 4.63. The Kier molecular flexibility index (Phi) is 4.57. The SMILES string of the molecule is COc1ccc2c(c1)N1CCN(c3ccc(F)cc3)C[C@H]1[C@@H](C(=O)NC1CC1)C2. The molecule has 29 heavy (non-hydrogen) atoms. The third-order valence-electron chi connectivity index (χ3n) is 6.38. The van der Waals surface area contributed by atoms with Crippen LogP contribution in [0.25, 0.3) is 0 Å². The van der Waals surface area contributed by atoms with Gasteiger partial charge >= 0.3 is 0 Å². The molecule has 1 saturated carbocycles. The smallest absolute Gasteiger partial charge is 0.225 e. The maximum absolute atomic E-state index is 13.4. The van der Waals surface area contributed by atoms with Crippen molar-refractivity contribution in [2.45, 2.75) is 31.3 Å². The lowest BCUT2D eigenvalue weighted by Gasteiger charge is -2.49. The number of nitrogens with zero attached hydrogens (tertiary/aromatic N) is 2. The van der Waals surface area contributed by atoms with Crippen LogP contribution >= 0.6 is 0 Å². The number of amides is 1. The number of hydrogen-bond donors (Lipinski definition) is 1. The van der Waals surface area contributed by atoms with Crippen LogP contribution in [0.3, 0.4) is 0 Å². The Morgan fingerprint density at radius 2 is 1.93 bits per heavy atom. The lowest BCUT2D eigenvalue weighted by atomic mass is 9.83.